The molecule has 0 fully saturated rings. The number of ether oxygens (including phenoxy) is 1. The van der Waals surface area contributed by atoms with Crippen LogP contribution in [-0.2, 0) is 0 Å². The highest BCUT2D eigenvalue weighted by Crippen LogP contribution is 2.17. The summed E-state index contributed by atoms with van der Waals surface area (Å²) in [4.78, 5) is 15.6. The Morgan fingerprint density at radius 1 is 1.24 bits per heavy atom. The summed E-state index contributed by atoms with van der Waals surface area (Å²) < 4.78 is 5.39. The van der Waals surface area contributed by atoms with Gasteiger partial charge in [-0.05, 0) is 24.3 Å². The van der Waals surface area contributed by atoms with E-state index in [1.54, 1.807) is 48.8 Å². The molecule has 0 unspecified atom stereocenters. The molecule has 0 saturated carbocycles. The third kappa shape index (κ3) is 4.87. The van der Waals surface area contributed by atoms with Crippen LogP contribution >= 0.6 is 0 Å². The Morgan fingerprint density at radius 3 is 2.81 bits per heavy atom. The van der Waals surface area contributed by atoms with Gasteiger partial charge < -0.3 is 10.1 Å². The highest BCUT2D eigenvalue weighted by Gasteiger charge is 2.02. The van der Waals surface area contributed by atoms with Crippen molar-refractivity contribution >= 4 is 17.4 Å². The summed E-state index contributed by atoms with van der Waals surface area (Å²) in [7, 11) is 0. The van der Waals surface area contributed by atoms with Gasteiger partial charge in [0.1, 0.15) is 12.4 Å². The van der Waals surface area contributed by atoms with Gasteiger partial charge in [0, 0.05) is 24.1 Å². The van der Waals surface area contributed by atoms with Crippen molar-refractivity contribution in [2.24, 2.45) is 0 Å². The number of hydrazine groups is 1. The lowest BCUT2D eigenvalue weighted by Crippen LogP contribution is -2.33. The monoisotopic (exact) mass is 284 g/mol. The number of urea groups is 1. The second-order valence-corrected chi connectivity index (χ2v) is 4.07. The number of benzene rings is 1. The lowest BCUT2D eigenvalue weighted by atomic mass is 10.3. The van der Waals surface area contributed by atoms with Crippen LogP contribution in [0.4, 0.5) is 16.2 Å². The lowest BCUT2D eigenvalue weighted by molar-refractivity contribution is 0.254. The van der Waals surface area contributed by atoms with Crippen molar-refractivity contribution in [3.8, 4) is 5.75 Å². The third-order valence-electron chi connectivity index (χ3n) is 2.46. The molecule has 0 atom stereocenters. The van der Waals surface area contributed by atoms with Gasteiger partial charge in [0.25, 0.3) is 0 Å². The summed E-state index contributed by atoms with van der Waals surface area (Å²) in [5.74, 6) is 0.662. The van der Waals surface area contributed by atoms with Crippen molar-refractivity contribution < 1.29 is 9.53 Å². The fraction of sp³-hybridized carbons (Fsp3) is 0.0667. The zero-order chi connectivity index (χ0) is 14.9. The number of carbonyl (C=O) groups excluding carboxylic acids is 1. The molecule has 0 aliphatic heterocycles. The number of rotatable bonds is 6. The molecule has 2 aromatic rings. The number of amides is 2. The molecule has 0 bridgehead atoms. The first-order valence-corrected chi connectivity index (χ1v) is 6.35. The van der Waals surface area contributed by atoms with E-state index >= 15 is 0 Å². The van der Waals surface area contributed by atoms with Crippen LogP contribution in [0.3, 0.4) is 0 Å². The number of nitrogens with zero attached hydrogens (tertiary/aromatic N) is 1. The minimum absolute atomic E-state index is 0.382. The number of hydrogen-bond acceptors (Lipinski definition) is 4. The number of aromatic nitrogens is 1. The molecule has 0 aliphatic rings. The molecule has 6 nitrogen and oxygen atoms in total. The van der Waals surface area contributed by atoms with Crippen LogP contribution in [0.5, 0.6) is 5.75 Å². The Morgan fingerprint density at radius 2 is 2.05 bits per heavy atom. The maximum absolute atomic E-state index is 11.8. The first-order valence-electron chi connectivity index (χ1n) is 6.35. The summed E-state index contributed by atoms with van der Waals surface area (Å²) >= 11 is 0. The fourth-order valence-electron chi connectivity index (χ4n) is 1.55. The van der Waals surface area contributed by atoms with Crippen LogP contribution < -0.4 is 20.9 Å². The maximum Gasteiger partial charge on any atom is 0.337 e. The van der Waals surface area contributed by atoms with Crippen LogP contribution in [0.15, 0.2) is 61.4 Å². The van der Waals surface area contributed by atoms with Crippen molar-refractivity contribution in [2.45, 2.75) is 0 Å². The Kier molecular flexibility index (Phi) is 5.17. The van der Waals surface area contributed by atoms with E-state index in [2.05, 4.69) is 27.7 Å². The molecule has 21 heavy (non-hydrogen) atoms. The number of hydrogen-bond donors (Lipinski definition) is 3. The highest BCUT2D eigenvalue weighted by molar-refractivity contribution is 5.90. The highest BCUT2D eigenvalue weighted by atomic mass is 16.5. The summed E-state index contributed by atoms with van der Waals surface area (Å²) in [5.41, 5.74) is 6.66. The normalized spacial score (nSPS) is 9.52. The molecular weight excluding hydrogens is 268 g/mol. The van der Waals surface area contributed by atoms with Gasteiger partial charge in [0.15, 0.2) is 0 Å². The van der Waals surface area contributed by atoms with Crippen LogP contribution in [-0.4, -0.2) is 17.6 Å². The van der Waals surface area contributed by atoms with Gasteiger partial charge in [-0.2, -0.15) is 0 Å². The van der Waals surface area contributed by atoms with Crippen molar-refractivity contribution in [1.82, 2.24) is 10.4 Å². The summed E-state index contributed by atoms with van der Waals surface area (Å²) in [6, 6.07) is 10.2. The quantitative estimate of drug-likeness (QED) is 0.563. The van der Waals surface area contributed by atoms with Gasteiger partial charge >= 0.3 is 6.03 Å². The van der Waals surface area contributed by atoms with Crippen molar-refractivity contribution in [3.63, 3.8) is 0 Å². The van der Waals surface area contributed by atoms with Gasteiger partial charge in [0.05, 0.1) is 5.69 Å². The standard InChI is InChI=1S/C15H16N4O2/c1-2-10-21-14-5-3-4-13(11-14)17-15(20)19-18-12-6-8-16-9-7-12/h2-9,11H,1,10H2,(H,16,18)(H2,17,19,20). The molecule has 2 amide bonds. The summed E-state index contributed by atoms with van der Waals surface area (Å²) in [6.45, 7) is 4.00. The van der Waals surface area contributed by atoms with E-state index in [1.807, 2.05) is 6.07 Å². The third-order valence-corrected chi connectivity index (χ3v) is 2.46. The Balaban J connectivity index is 1.86. The minimum Gasteiger partial charge on any atom is -0.489 e. The van der Waals surface area contributed by atoms with E-state index in [4.69, 9.17) is 4.74 Å². The minimum atomic E-state index is -0.382. The molecule has 108 valence electrons. The number of carbonyl (C=O) groups is 1. The second kappa shape index (κ2) is 7.54. The van der Waals surface area contributed by atoms with Crippen LogP contribution in [0.2, 0.25) is 0 Å². The average molecular weight is 284 g/mol. The molecule has 3 N–H and O–H groups in total. The number of pyridine rings is 1. The van der Waals surface area contributed by atoms with E-state index in [0.29, 0.717) is 18.0 Å². The molecule has 0 spiro atoms. The molecule has 0 radical (unpaired) electrons. The number of anilines is 2. The van der Waals surface area contributed by atoms with Gasteiger partial charge in [-0.25, -0.2) is 4.79 Å². The zero-order valence-corrected chi connectivity index (χ0v) is 11.4. The first kappa shape index (κ1) is 14.4. The Hall–Kier alpha value is -3.02. The van der Waals surface area contributed by atoms with E-state index in [9.17, 15) is 4.79 Å². The van der Waals surface area contributed by atoms with Gasteiger partial charge in [-0.3, -0.25) is 15.8 Å². The molecule has 1 aromatic heterocycles. The molecule has 0 saturated heterocycles. The van der Waals surface area contributed by atoms with E-state index in [0.717, 1.165) is 5.69 Å². The van der Waals surface area contributed by atoms with E-state index in [-0.39, 0.29) is 6.03 Å². The Labute approximate surface area is 122 Å². The number of nitrogens with one attached hydrogen (secondary N) is 3. The van der Waals surface area contributed by atoms with Crippen LogP contribution in [0, 0.1) is 0 Å². The molecular formula is C15H16N4O2. The van der Waals surface area contributed by atoms with Crippen molar-refractivity contribution in [1.29, 1.82) is 0 Å². The van der Waals surface area contributed by atoms with E-state index in [1.165, 1.54) is 0 Å². The summed E-state index contributed by atoms with van der Waals surface area (Å²) in [5, 5.41) is 2.69. The van der Waals surface area contributed by atoms with Crippen LogP contribution in [0.25, 0.3) is 0 Å². The largest absolute Gasteiger partial charge is 0.489 e. The van der Waals surface area contributed by atoms with Crippen molar-refractivity contribution in [3.05, 3.63) is 61.4 Å². The van der Waals surface area contributed by atoms with Crippen LogP contribution in [0.1, 0.15) is 0 Å². The second-order valence-electron chi connectivity index (χ2n) is 4.07. The predicted octanol–water partition coefficient (Wildman–Crippen LogP) is 2.80. The van der Waals surface area contributed by atoms with Gasteiger partial charge in [-0.1, -0.05) is 18.7 Å². The van der Waals surface area contributed by atoms with E-state index < -0.39 is 0 Å². The smallest absolute Gasteiger partial charge is 0.337 e. The average Bonchev–Trinajstić information content (AvgIpc) is 2.52. The maximum atomic E-state index is 11.8. The van der Waals surface area contributed by atoms with Gasteiger partial charge in [0.2, 0.25) is 0 Å². The zero-order valence-electron chi connectivity index (χ0n) is 11.4. The SMILES string of the molecule is C=CCOc1cccc(NC(=O)NNc2ccncc2)c1. The molecule has 6 heteroatoms. The van der Waals surface area contributed by atoms with Crippen molar-refractivity contribution in [2.75, 3.05) is 17.3 Å². The predicted molar refractivity (Wildman–Crippen MR) is 82.1 cm³/mol. The first-order chi connectivity index (χ1) is 10.3. The molecule has 1 heterocycles. The van der Waals surface area contributed by atoms with Gasteiger partial charge in [-0.15, -0.1) is 0 Å². The fourth-order valence-corrected chi connectivity index (χ4v) is 1.55. The molecule has 0 aliphatic carbocycles. The Bertz CT molecular complexity index is 602. The molecule has 1 aromatic carbocycles. The lowest BCUT2D eigenvalue weighted by Gasteiger charge is -2.10. The topological polar surface area (TPSA) is 75.3 Å². The molecule has 2 rings (SSSR count). The summed E-state index contributed by atoms with van der Waals surface area (Å²) in [6.07, 6.45) is 4.91.